The number of nitrogen functional groups attached to an aromatic ring is 1. The van der Waals surface area contributed by atoms with Crippen molar-refractivity contribution in [2.75, 3.05) is 5.73 Å². The van der Waals surface area contributed by atoms with Crippen LogP contribution in [0.5, 0.6) is 5.75 Å². The molecular weight excluding hydrogens is 396 g/mol. The van der Waals surface area contributed by atoms with Crippen molar-refractivity contribution in [3.8, 4) is 16.9 Å². The quantitative estimate of drug-likeness (QED) is 0.537. The Morgan fingerprint density at radius 3 is 2.50 bits per heavy atom. The summed E-state index contributed by atoms with van der Waals surface area (Å²) in [4.78, 5) is 2.85. The lowest BCUT2D eigenvalue weighted by molar-refractivity contribution is -0.359. The molecule has 1 fully saturated rings. The molecule has 30 heavy (non-hydrogen) atoms. The van der Waals surface area contributed by atoms with E-state index in [0.29, 0.717) is 22.5 Å². The predicted octanol–water partition coefficient (Wildman–Crippen LogP) is 5.75. The van der Waals surface area contributed by atoms with Crippen LogP contribution in [0.3, 0.4) is 0 Å². The van der Waals surface area contributed by atoms with Crippen molar-refractivity contribution >= 4 is 5.82 Å². The maximum Gasteiger partial charge on any atom is 0.416 e. The molecule has 0 aliphatic heterocycles. The number of aromatic nitrogens is 1. The maximum atomic E-state index is 15.5. The number of aromatic amines is 1. The fraction of sp³-hybridized carbons (Fsp3) is 0.261. The van der Waals surface area contributed by atoms with E-state index in [0.717, 1.165) is 37.0 Å². The van der Waals surface area contributed by atoms with Crippen molar-refractivity contribution in [1.29, 1.82) is 0 Å². The molecule has 0 radical (unpaired) electrons. The third-order valence-electron chi connectivity index (χ3n) is 5.46. The summed E-state index contributed by atoms with van der Waals surface area (Å²) in [6.45, 7) is -0.155. The van der Waals surface area contributed by atoms with Crippen molar-refractivity contribution in [3.63, 3.8) is 0 Å². The molecule has 0 saturated heterocycles. The molecule has 0 unspecified atom stereocenters. The monoisotopic (exact) mass is 417 g/mol. The van der Waals surface area contributed by atoms with Gasteiger partial charge in [-0.2, -0.15) is 13.2 Å². The molecule has 3 aromatic rings. The van der Waals surface area contributed by atoms with Crippen LogP contribution in [-0.2, 0) is 12.8 Å². The van der Waals surface area contributed by atoms with Crippen LogP contribution in [-0.4, -0.2) is 0 Å². The van der Waals surface area contributed by atoms with E-state index in [1.165, 1.54) is 12.1 Å². The van der Waals surface area contributed by atoms with Crippen LogP contribution in [0.25, 0.3) is 11.1 Å². The van der Waals surface area contributed by atoms with Gasteiger partial charge in [0, 0.05) is 22.8 Å². The molecule has 156 valence electrons. The third-order valence-corrected chi connectivity index (χ3v) is 5.46. The lowest BCUT2D eigenvalue weighted by Crippen LogP contribution is -2.13. The minimum absolute atomic E-state index is 0.103. The highest BCUT2D eigenvalue weighted by molar-refractivity contribution is 5.66. The predicted molar refractivity (Wildman–Crippen MR) is 105 cm³/mol. The van der Waals surface area contributed by atoms with Gasteiger partial charge in [0.25, 0.3) is 5.82 Å². The number of anilines is 1. The first-order chi connectivity index (χ1) is 14.3. The van der Waals surface area contributed by atoms with Gasteiger partial charge in [-0.1, -0.05) is 30.7 Å². The first-order valence-electron chi connectivity index (χ1n) is 9.72. The Kier molecular flexibility index (Phi) is 5.37. The van der Waals surface area contributed by atoms with Crippen molar-refractivity contribution < 1.29 is 27.3 Å². The Morgan fingerprint density at radius 2 is 1.87 bits per heavy atom. The second-order valence-electron chi connectivity index (χ2n) is 7.49. The summed E-state index contributed by atoms with van der Waals surface area (Å²) in [5.41, 5.74) is 6.94. The van der Waals surface area contributed by atoms with Crippen molar-refractivity contribution in [3.05, 3.63) is 77.2 Å². The summed E-state index contributed by atoms with van der Waals surface area (Å²) in [5, 5.41) is 0. The number of alkyl halides is 3. The molecular formula is C23H21F4N2O+. The molecule has 1 aliphatic rings. The van der Waals surface area contributed by atoms with Crippen LogP contribution in [0, 0.1) is 5.82 Å². The number of hydrogen-bond acceptors (Lipinski definition) is 2. The van der Waals surface area contributed by atoms with E-state index in [1.54, 1.807) is 24.4 Å². The zero-order valence-corrected chi connectivity index (χ0v) is 16.1. The number of hydrogen-bond donors (Lipinski definition) is 1. The van der Waals surface area contributed by atoms with E-state index < -0.39 is 17.6 Å². The van der Waals surface area contributed by atoms with Gasteiger partial charge in [-0.3, -0.25) is 5.73 Å². The second-order valence-corrected chi connectivity index (χ2v) is 7.49. The van der Waals surface area contributed by atoms with E-state index in [1.807, 2.05) is 6.07 Å². The standard InChI is InChI=1S/C23H20F4N2O/c24-21-18(16-7-10-20(28)29-12-16)8-9-19(15-4-2-5-15)22(21)30-13-14-3-1-6-17(11-14)23(25,26)27/h1,3,6-12,15H,2,4-5,13H2,(H2,28,29)/p+1. The first kappa shape index (κ1) is 20.2. The number of H-pyrrole nitrogens is 1. The van der Waals surface area contributed by atoms with Crippen LogP contribution >= 0.6 is 0 Å². The molecule has 2 aromatic carbocycles. The van der Waals surface area contributed by atoms with Crippen molar-refractivity contribution in [2.45, 2.75) is 38.0 Å². The average Bonchev–Trinajstić information content (AvgIpc) is 2.67. The minimum atomic E-state index is -4.44. The normalized spacial score (nSPS) is 14.4. The molecule has 3 nitrogen and oxygen atoms in total. The highest BCUT2D eigenvalue weighted by Crippen LogP contribution is 2.44. The summed E-state index contributed by atoms with van der Waals surface area (Å²) in [6, 6.07) is 11.8. The molecule has 1 aromatic heterocycles. The number of rotatable bonds is 5. The lowest BCUT2D eigenvalue weighted by atomic mass is 9.79. The molecule has 0 amide bonds. The number of nitrogens with two attached hydrogens (primary N) is 1. The molecule has 1 saturated carbocycles. The molecule has 0 bridgehead atoms. The van der Waals surface area contributed by atoms with Gasteiger partial charge in [0.05, 0.1) is 11.8 Å². The van der Waals surface area contributed by atoms with Gasteiger partial charge < -0.3 is 4.74 Å². The van der Waals surface area contributed by atoms with Gasteiger partial charge in [-0.15, -0.1) is 0 Å². The van der Waals surface area contributed by atoms with Crippen molar-refractivity contribution in [1.82, 2.24) is 0 Å². The summed E-state index contributed by atoms with van der Waals surface area (Å²) in [6.07, 6.45) is 0.105. The molecule has 3 N–H and O–H groups in total. The third kappa shape index (κ3) is 4.10. The Bertz CT molecular complexity index is 1040. The van der Waals surface area contributed by atoms with E-state index in [2.05, 4.69) is 4.98 Å². The highest BCUT2D eigenvalue weighted by Gasteiger charge is 2.31. The second kappa shape index (κ2) is 7.97. The Balaban J connectivity index is 1.67. The number of halogens is 4. The van der Waals surface area contributed by atoms with Gasteiger partial charge in [0.2, 0.25) is 0 Å². The SMILES string of the molecule is Nc1ccc(-c2ccc(C3CCC3)c(OCc3cccc(C(F)(F)F)c3)c2F)c[nH+]1. The number of ether oxygens (including phenoxy) is 1. The van der Waals surface area contributed by atoms with E-state index in [-0.39, 0.29) is 18.3 Å². The van der Waals surface area contributed by atoms with Gasteiger partial charge in [0.1, 0.15) is 6.61 Å². The zero-order valence-electron chi connectivity index (χ0n) is 16.1. The molecule has 0 spiro atoms. The van der Waals surface area contributed by atoms with Gasteiger partial charge >= 0.3 is 6.18 Å². The van der Waals surface area contributed by atoms with Crippen LogP contribution < -0.4 is 15.5 Å². The van der Waals surface area contributed by atoms with Gasteiger partial charge in [0.15, 0.2) is 11.6 Å². The van der Waals surface area contributed by atoms with Crippen LogP contribution in [0.2, 0.25) is 0 Å². The molecule has 7 heteroatoms. The smallest absolute Gasteiger partial charge is 0.416 e. The Morgan fingerprint density at radius 1 is 1.07 bits per heavy atom. The summed E-state index contributed by atoms with van der Waals surface area (Å²) < 4.78 is 60.2. The molecule has 0 atom stereocenters. The fourth-order valence-corrected chi connectivity index (χ4v) is 3.58. The average molecular weight is 417 g/mol. The van der Waals surface area contributed by atoms with Crippen LogP contribution in [0.15, 0.2) is 54.7 Å². The number of benzene rings is 2. The molecule has 4 rings (SSSR count). The molecule has 1 heterocycles. The number of nitrogens with one attached hydrogen (secondary N) is 1. The summed E-state index contributed by atoms with van der Waals surface area (Å²) >= 11 is 0. The van der Waals surface area contributed by atoms with E-state index in [9.17, 15) is 13.2 Å². The maximum absolute atomic E-state index is 15.5. The largest absolute Gasteiger partial charge is 0.486 e. The number of pyridine rings is 1. The first-order valence-corrected chi connectivity index (χ1v) is 9.72. The Labute approximate surface area is 171 Å². The fourth-order valence-electron chi connectivity index (χ4n) is 3.58. The summed E-state index contributed by atoms with van der Waals surface area (Å²) in [5.74, 6) is 0.227. The van der Waals surface area contributed by atoms with Gasteiger partial charge in [-0.05, 0) is 42.5 Å². The van der Waals surface area contributed by atoms with E-state index >= 15 is 4.39 Å². The topological polar surface area (TPSA) is 49.4 Å². The summed E-state index contributed by atoms with van der Waals surface area (Å²) in [7, 11) is 0. The van der Waals surface area contributed by atoms with Crippen molar-refractivity contribution in [2.24, 2.45) is 0 Å². The Hall–Kier alpha value is -3.09. The van der Waals surface area contributed by atoms with Crippen LogP contribution in [0.1, 0.15) is 41.9 Å². The molecule has 1 aliphatic carbocycles. The van der Waals surface area contributed by atoms with Gasteiger partial charge in [-0.25, -0.2) is 9.37 Å². The van der Waals surface area contributed by atoms with Crippen LogP contribution in [0.4, 0.5) is 23.4 Å². The highest BCUT2D eigenvalue weighted by atomic mass is 19.4. The van der Waals surface area contributed by atoms with E-state index in [4.69, 9.17) is 10.5 Å². The lowest BCUT2D eigenvalue weighted by Gasteiger charge is -2.28. The zero-order chi connectivity index (χ0) is 21.3. The minimum Gasteiger partial charge on any atom is -0.486 e.